The van der Waals surface area contributed by atoms with Crippen LogP contribution >= 0.6 is 0 Å². The van der Waals surface area contributed by atoms with Gasteiger partial charge in [0, 0.05) is 14.2 Å². The Hall–Kier alpha value is -3.71. The third-order valence-corrected chi connectivity index (χ3v) is 6.51. The quantitative estimate of drug-likeness (QED) is 0.236. The maximum atomic E-state index is 11.2. The predicted molar refractivity (Wildman–Crippen MR) is 144 cm³/mol. The van der Waals surface area contributed by atoms with E-state index >= 15 is 0 Å². The van der Waals surface area contributed by atoms with Crippen molar-refractivity contribution in [3.8, 4) is 17.2 Å². The summed E-state index contributed by atoms with van der Waals surface area (Å²) in [5, 5.41) is 2.46. The molecular formula is C30H37NO6. The molecule has 3 aromatic carbocycles. The maximum Gasteiger partial charge on any atom is 0.406 e. The highest BCUT2D eigenvalue weighted by atomic mass is 16.5. The molecule has 0 atom stereocenters. The zero-order valence-electron chi connectivity index (χ0n) is 22.3. The highest BCUT2D eigenvalue weighted by molar-refractivity contribution is 5.66. The van der Waals surface area contributed by atoms with E-state index in [1.807, 2.05) is 54.6 Å². The molecule has 198 valence electrons. The fraction of sp³-hybridized carbons (Fsp3) is 0.367. The van der Waals surface area contributed by atoms with Crippen molar-refractivity contribution in [1.82, 2.24) is 5.32 Å². The minimum Gasteiger partial charge on any atom is -0.497 e. The summed E-state index contributed by atoms with van der Waals surface area (Å²) in [6.45, 7) is 0.401. The van der Waals surface area contributed by atoms with Crippen LogP contribution in [0.1, 0.15) is 41.5 Å². The first kappa shape index (κ1) is 27.9. The Morgan fingerprint density at radius 3 is 1.78 bits per heavy atom. The number of ether oxygens (including phenoxy) is 5. The molecule has 0 aliphatic rings. The average Bonchev–Trinajstić information content (AvgIpc) is 2.96. The summed E-state index contributed by atoms with van der Waals surface area (Å²) in [5.41, 5.74) is 3.17. The summed E-state index contributed by atoms with van der Waals surface area (Å²) in [6.07, 6.45) is 3.08. The highest BCUT2D eigenvalue weighted by Crippen LogP contribution is 2.42. The second-order valence-electron chi connectivity index (χ2n) is 8.57. The fourth-order valence-electron chi connectivity index (χ4n) is 4.53. The van der Waals surface area contributed by atoms with Gasteiger partial charge in [0.2, 0.25) is 0 Å². The molecule has 0 saturated heterocycles. The molecule has 1 amide bonds. The van der Waals surface area contributed by atoms with E-state index in [0.717, 1.165) is 65.2 Å². The second-order valence-corrected chi connectivity index (χ2v) is 8.57. The van der Waals surface area contributed by atoms with E-state index in [2.05, 4.69) is 17.4 Å². The molecule has 3 rings (SSSR count). The normalized spacial score (nSPS) is 11.1. The van der Waals surface area contributed by atoms with Crippen LogP contribution in [0.25, 0.3) is 0 Å². The lowest BCUT2D eigenvalue weighted by Gasteiger charge is -2.35. The number of methoxy groups -OCH3 is 4. The summed E-state index contributed by atoms with van der Waals surface area (Å²) >= 11 is 0. The van der Waals surface area contributed by atoms with Gasteiger partial charge in [-0.3, -0.25) is 0 Å². The Labute approximate surface area is 219 Å². The number of hydrogen-bond donors (Lipinski definition) is 1. The lowest BCUT2D eigenvalue weighted by atomic mass is 9.79. The van der Waals surface area contributed by atoms with Gasteiger partial charge in [-0.1, -0.05) is 30.3 Å². The summed E-state index contributed by atoms with van der Waals surface area (Å²) in [6, 6.07) is 22.1. The van der Waals surface area contributed by atoms with Gasteiger partial charge in [0.15, 0.2) is 0 Å². The van der Waals surface area contributed by atoms with E-state index in [9.17, 15) is 4.79 Å². The van der Waals surface area contributed by atoms with Crippen LogP contribution in [0.5, 0.6) is 17.2 Å². The summed E-state index contributed by atoms with van der Waals surface area (Å²) in [4.78, 5) is 11.2. The first-order chi connectivity index (χ1) is 18.0. The molecule has 0 bridgehead atoms. The molecule has 0 saturated carbocycles. The SMILES string of the molecule is CNC(=O)OCCCCCc1cc(C(OC)(c2ccc(OC)cc2)c2ccc(OC)cc2)ccc1OC. The Kier molecular flexibility index (Phi) is 10.2. The molecule has 0 fully saturated rings. The van der Waals surface area contributed by atoms with Gasteiger partial charge in [0.05, 0.1) is 27.9 Å². The largest absolute Gasteiger partial charge is 0.497 e. The monoisotopic (exact) mass is 507 g/mol. The van der Waals surface area contributed by atoms with Gasteiger partial charge in [0.25, 0.3) is 0 Å². The van der Waals surface area contributed by atoms with E-state index in [1.165, 1.54) is 0 Å². The molecule has 0 radical (unpaired) electrons. The summed E-state index contributed by atoms with van der Waals surface area (Å²) in [5.74, 6) is 2.39. The van der Waals surface area contributed by atoms with Crippen molar-refractivity contribution in [3.63, 3.8) is 0 Å². The second kappa shape index (κ2) is 13.6. The predicted octanol–water partition coefficient (Wildman–Crippen LogP) is 5.72. The smallest absolute Gasteiger partial charge is 0.406 e. The number of unbranched alkanes of at least 4 members (excludes halogenated alkanes) is 2. The standard InChI is InChI=1S/C30H37NO6/c1-31-29(32)37-20-8-6-7-9-22-21-25(14-19-28(22)35-4)30(36-5,23-10-15-26(33-2)16-11-23)24-12-17-27(34-3)18-13-24/h10-19,21H,6-9,20H2,1-5H3,(H,31,32). The molecule has 7 heteroatoms. The third-order valence-electron chi connectivity index (χ3n) is 6.51. The summed E-state index contributed by atoms with van der Waals surface area (Å²) < 4.78 is 28.0. The zero-order chi connectivity index (χ0) is 26.7. The van der Waals surface area contributed by atoms with Crippen LogP contribution in [0.15, 0.2) is 66.7 Å². The van der Waals surface area contributed by atoms with Crippen molar-refractivity contribution >= 4 is 6.09 Å². The lowest BCUT2D eigenvalue weighted by Crippen LogP contribution is -2.31. The molecule has 37 heavy (non-hydrogen) atoms. The molecule has 0 aliphatic carbocycles. The van der Waals surface area contributed by atoms with Crippen molar-refractivity contribution in [2.45, 2.75) is 31.3 Å². The topological polar surface area (TPSA) is 75.3 Å². The van der Waals surface area contributed by atoms with Crippen LogP contribution < -0.4 is 19.5 Å². The van der Waals surface area contributed by atoms with Crippen molar-refractivity contribution in [1.29, 1.82) is 0 Å². The van der Waals surface area contributed by atoms with Crippen LogP contribution in [0.3, 0.4) is 0 Å². The number of carbonyl (C=O) groups is 1. The van der Waals surface area contributed by atoms with Gasteiger partial charge in [-0.15, -0.1) is 0 Å². The van der Waals surface area contributed by atoms with Gasteiger partial charge < -0.3 is 29.0 Å². The number of nitrogens with one attached hydrogen (secondary N) is 1. The van der Waals surface area contributed by atoms with E-state index < -0.39 is 11.7 Å². The van der Waals surface area contributed by atoms with E-state index in [-0.39, 0.29) is 0 Å². The first-order valence-corrected chi connectivity index (χ1v) is 12.4. The maximum absolute atomic E-state index is 11.2. The van der Waals surface area contributed by atoms with E-state index in [1.54, 1.807) is 35.5 Å². The van der Waals surface area contributed by atoms with E-state index in [4.69, 9.17) is 23.7 Å². The Balaban J connectivity index is 1.96. The van der Waals surface area contributed by atoms with Gasteiger partial charge in [-0.25, -0.2) is 4.79 Å². The Morgan fingerprint density at radius 1 is 0.730 bits per heavy atom. The van der Waals surface area contributed by atoms with Crippen molar-refractivity contribution < 1.29 is 28.5 Å². The number of aryl methyl sites for hydroxylation is 1. The van der Waals surface area contributed by atoms with Crippen molar-refractivity contribution in [2.75, 3.05) is 42.1 Å². The van der Waals surface area contributed by atoms with Crippen molar-refractivity contribution in [3.05, 3.63) is 89.0 Å². The molecular weight excluding hydrogens is 470 g/mol. The van der Waals surface area contributed by atoms with E-state index in [0.29, 0.717) is 6.61 Å². The minimum absolute atomic E-state index is 0.401. The fourth-order valence-corrected chi connectivity index (χ4v) is 4.53. The van der Waals surface area contributed by atoms with Gasteiger partial charge in [0.1, 0.15) is 22.8 Å². The Bertz CT molecular complexity index is 1080. The third kappa shape index (κ3) is 6.54. The van der Waals surface area contributed by atoms with Crippen LogP contribution in [0.2, 0.25) is 0 Å². The van der Waals surface area contributed by atoms with Crippen LogP contribution in [0, 0.1) is 0 Å². The number of amides is 1. The average molecular weight is 508 g/mol. The molecule has 7 nitrogen and oxygen atoms in total. The molecule has 0 heterocycles. The van der Waals surface area contributed by atoms with Crippen LogP contribution in [-0.2, 0) is 21.5 Å². The molecule has 0 aliphatic heterocycles. The van der Waals surface area contributed by atoms with Gasteiger partial charge in [-0.05, 0) is 84.3 Å². The van der Waals surface area contributed by atoms with Crippen LogP contribution in [-0.4, -0.2) is 48.2 Å². The zero-order valence-corrected chi connectivity index (χ0v) is 22.3. The van der Waals surface area contributed by atoms with Crippen LogP contribution in [0.4, 0.5) is 4.79 Å². The molecule has 0 aromatic heterocycles. The number of benzene rings is 3. The molecule has 0 unspecified atom stereocenters. The Morgan fingerprint density at radius 2 is 1.30 bits per heavy atom. The number of alkyl carbamates (subject to hydrolysis) is 1. The number of carbonyl (C=O) groups excluding carboxylic acids is 1. The summed E-state index contributed by atoms with van der Waals surface area (Å²) in [7, 11) is 8.28. The number of hydrogen-bond acceptors (Lipinski definition) is 6. The molecule has 0 spiro atoms. The molecule has 1 N–H and O–H groups in total. The van der Waals surface area contributed by atoms with Gasteiger partial charge >= 0.3 is 6.09 Å². The minimum atomic E-state index is -0.860. The first-order valence-electron chi connectivity index (χ1n) is 12.4. The highest BCUT2D eigenvalue weighted by Gasteiger charge is 2.37. The van der Waals surface area contributed by atoms with Gasteiger partial charge in [-0.2, -0.15) is 0 Å². The van der Waals surface area contributed by atoms with Crippen molar-refractivity contribution in [2.24, 2.45) is 0 Å². The lowest BCUT2D eigenvalue weighted by molar-refractivity contribution is 0.0583. The molecule has 3 aromatic rings. The number of rotatable bonds is 13.